The number of carbonyl (C=O) groups is 2. The van der Waals surface area contributed by atoms with Gasteiger partial charge in [0.05, 0.1) is 6.20 Å². The van der Waals surface area contributed by atoms with Crippen LogP contribution in [0.15, 0.2) is 41.6 Å². The molecular weight excluding hydrogens is 346 g/mol. The molecule has 2 bridgehead atoms. The number of likely N-dealkylation sites (tertiary alicyclic amines) is 1. The number of nitrogens with zero attached hydrogens (tertiary/aromatic N) is 4. The summed E-state index contributed by atoms with van der Waals surface area (Å²) in [6.07, 6.45) is 5.60. The average Bonchev–Trinajstić information content (AvgIpc) is 2.69. The fourth-order valence-electron chi connectivity index (χ4n) is 4.05. The summed E-state index contributed by atoms with van der Waals surface area (Å²) in [6, 6.07) is 5.36. The van der Waals surface area contributed by atoms with Crippen molar-refractivity contribution >= 4 is 11.8 Å². The van der Waals surface area contributed by atoms with E-state index in [1.54, 1.807) is 12.1 Å². The lowest BCUT2D eigenvalue weighted by Crippen LogP contribution is -2.49. The molecule has 140 valence electrons. The molecule has 2 atom stereocenters. The Morgan fingerprint density at radius 3 is 2.89 bits per heavy atom. The number of hydrogen-bond donors (Lipinski definition) is 1. The number of aromatic nitrogens is 3. The Morgan fingerprint density at radius 1 is 1.19 bits per heavy atom. The van der Waals surface area contributed by atoms with E-state index in [4.69, 9.17) is 0 Å². The Balaban J connectivity index is 1.34. The van der Waals surface area contributed by atoms with E-state index in [0.29, 0.717) is 25.6 Å². The van der Waals surface area contributed by atoms with Gasteiger partial charge in [0.2, 0.25) is 5.91 Å². The van der Waals surface area contributed by atoms with E-state index in [1.165, 1.54) is 18.6 Å². The molecule has 8 heteroatoms. The standard InChI is InChI=1S/C19H21N5O3/c25-17(4-5-22-19(27)15-9-20-6-7-21-15)23-10-13-8-14(12-23)16-2-1-3-18(26)24(16)11-13/h1-3,6-7,9,13-14H,4-5,8,10-12H2,(H,22,27)/t13-,14+/m1/s1. The van der Waals surface area contributed by atoms with Gasteiger partial charge in [-0.3, -0.25) is 19.4 Å². The second kappa shape index (κ2) is 7.30. The first-order valence-corrected chi connectivity index (χ1v) is 9.13. The maximum atomic E-state index is 12.6. The third kappa shape index (κ3) is 3.60. The van der Waals surface area contributed by atoms with Gasteiger partial charge in [0.1, 0.15) is 5.69 Å². The SMILES string of the molecule is O=C(NCCC(=O)N1C[C@H]2C[C@@H](C1)c1cccc(=O)n1C2)c1cnccn1. The summed E-state index contributed by atoms with van der Waals surface area (Å²) in [5.74, 6) is 0.189. The second-order valence-corrected chi connectivity index (χ2v) is 7.09. The van der Waals surface area contributed by atoms with E-state index < -0.39 is 0 Å². The van der Waals surface area contributed by atoms with Gasteiger partial charge in [0, 0.05) is 62.7 Å². The van der Waals surface area contributed by atoms with Crippen LogP contribution in [0.25, 0.3) is 0 Å². The number of rotatable bonds is 4. The monoisotopic (exact) mass is 367 g/mol. The van der Waals surface area contributed by atoms with Gasteiger partial charge < -0.3 is 14.8 Å². The van der Waals surface area contributed by atoms with Gasteiger partial charge in [-0.25, -0.2) is 4.98 Å². The average molecular weight is 367 g/mol. The Bertz CT molecular complexity index is 911. The zero-order chi connectivity index (χ0) is 18.8. The van der Waals surface area contributed by atoms with Crippen molar-refractivity contribution in [2.24, 2.45) is 5.92 Å². The van der Waals surface area contributed by atoms with E-state index in [9.17, 15) is 14.4 Å². The van der Waals surface area contributed by atoms with Gasteiger partial charge in [-0.05, 0) is 18.4 Å². The highest BCUT2D eigenvalue weighted by molar-refractivity contribution is 5.92. The van der Waals surface area contributed by atoms with Crippen LogP contribution in [0.2, 0.25) is 0 Å². The third-order valence-electron chi connectivity index (χ3n) is 5.25. The van der Waals surface area contributed by atoms with Crippen LogP contribution in [0, 0.1) is 5.92 Å². The molecule has 0 unspecified atom stereocenters. The summed E-state index contributed by atoms with van der Waals surface area (Å²) in [5, 5.41) is 2.71. The van der Waals surface area contributed by atoms with Gasteiger partial charge in [0.15, 0.2) is 0 Å². The minimum absolute atomic E-state index is 0.0240. The van der Waals surface area contributed by atoms with Crippen LogP contribution in [0.1, 0.15) is 34.9 Å². The predicted octanol–water partition coefficient (Wildman–Crippen LogP) is 0.404. The molecule has 2 amide bonds. The molecule has 2 aromatic rings. The van der Waals surface area contributed by atoms with Gasteiger partial charge >= 0.3 is 0 Å². The van der Waals surface area contributed by atoms with Gasteiger partial charge in [-0.1, -0.05) is 6.07 Å². The Hall–Kier alpha value is -3.03. The number of amides is 2. The fourth-order valence-corrected chi connectivity index (χ4v) is 4.05. The smallest absolute Gasteiger partial charge is 0.271 e. The minimum atomic E-state index is -0.334. The van der Waals surface area contributed by atoms with Gasteiger partial charge in [-0.2, -0.15) is 0 Å². The molecule has 0 radical (unpaired) electrons. The molecule has 1 saturated heterocycles. The lowest BCUT2D eigenvalue weighted by Gasteiger charge is -2.42. The van der Waals surface area contributed by atoms with Crippen molar-refractivity contribution in [3.05, 3.63) is 58.5 Å². The first-order chi connectivity index (χ1) is 13.1. The summed E-state index contributed by atoms with van der Waals surface area (Å²) in [4.78, 5) is 46.3. The molecule has 0 spiro atoms. The maximum absolute atomic E-state index is 12.6. The molecule has 4 rings (SSSR count). The molecular formula is C19H21N5O3. The molecule has 0 aliphatic carbocycles. The Morgan fingerprint density at radius 2 is 2.07 bits per heavy atom. The summed E-state index contributed by atoms with van der Waals surface area (Å²) < 4.78 is 1.85. The summed E-state index contributed by atoms with van der Waals surface area (Å²) in [5.41, 5.74) is 1.29. The lowest BCUT2D eigenvalue weighted by atomic mass is 9.83. The number of carbonyl (C=O) groups excluding carboxylic acids is 2. The topological polar surface area (TPSA) is 97.2 Å². The second-order valence-electron chi connectivity index (χ2n) is 7.09. The molecule has 1 N–H and O–H groups in total. The number of fused-ring (bicyclic) bond motifs is 4. The number of pyridine rings is 1. The highest BCUT2D eigenvalue weighted by Crippen LogP contribution is 2.35. The fraction of sp³-hybridized carbons (Fsp3) is 0.421. The van der Waals surface area contributed by atoms with E-state index >= 15 is 0 Å². The molecule has 2 aliphatic rings. The van der Waals surface area contributed by atoms with Crippen LogP contribution in [-0.4, -0.2) is 50.9 Å². The molecule has 0 saturated carbocycles. The van der Waals surface area contributed by atoms with E-state index in [-0.39, 0.29) is 42.0 Å². The zero-order valence-electron chi connectivity index (χ0n) is 14.9. The van der Waals surface area contributed by atoms with E-state index in [0.717, 1.165) is 12.1 Å². The quantitative estimate of drug-likeness (QED) is 0.844. The van der Waals surface area contributed by atoms with Crippen LogP contribution in [0.4, 0.5) is 0 Å². The summed E-state index contributed by atoms with van der Waals surface area (Å²) in [6.45, 7) is 2.21. The molecule has 2 aromatic heterocycles. The van der Waals surface area contributed by atoms with Gasteiger partial charge in [-0.15, -0.1) is 0 Å². The lowest BCUT2D eigenvalue weighted by molar-refractivity contribution is -0.133. The molecule has 2 aliphatic heterocycles. The van der Waals surface area contributed by atoms with E-state index in [1.807, 2.05) is 15.5 Å². The van der Waals surface area contributed by atoms with E-state index in [2.05, 4.69) is 15.3 Å². The van der Waals surface area contributed by atoms with Crippen LogP contribution in [0.3, 0.4) is 0 Å². The predicted molar refractivity (Wildman–Crippen MR) is 97.1 cm³/mol. The molecule has 8 nitrogen and oxygen atoms in total. The largest absolute Gasteiger partial charge is 0.350 e. The Labute approximate surface area is 156 Å². The van der Waals surface area contributed by atoms with Crippen molar-refractivity contribution < 1.29 is 9.59 Å². The first kappa shape index (κ1) is 17.4. The summed E-state index contributed by atoms with van der Waals surface area (Å²) in [7, 11) is 0. The summed E-state index contributed by atoms with van der Waals surface area (Å²) >= 11 is 0. The van der Waals surface area contributed by atoms with Crippen LogP contribution >= 0.6 is 0 Å². The molecule has 27 heavy (non-hydrogen) atoms. The van der Waals surface area contributed by atoms with Crippen molar-refractivity contribution in [3.63, 3.8) is 0 Å². The molecule has 0 aromatic carbocycles. The zero-order valence-corrected chi connectivity index (χ0v) is 14.9. The van der Waals surface area contributed by atoms with Crippen LogP contribution in [-0.2, 0) is 11.3 Å². The molecule has 1 fully saturated rings. The number of piperidine rings is 1. The van der Waals surface area contributed by atoms with Crippen molar-refractivity contribution in [3.8, 4) is 0 Å². The van der Waals surface area contributed by atoms with Crippen molar-refractivity contribution in [1.82, 2.24) is 24.8 Å². The normalized spacial score (nSPS) is 20.7. The number of hydrogen-bond acceptors (Lipinski definition) is 5. The van der Waals surface area contributed by atoms with Crippen molar-refractivity contribution in [2.75, 3.05) is 19.6 Å². The van der Waals surface area contributed by atoms with Crippen LogP contribution < -0.4 is 10.9 Å². The highest BCUT2D eigenvalue weighted by Gasteiger charge is 2.35. The number of nitrogens with one attached hydrogen (secondary N) is 1. The minimum Gasteiger partial charge on any atom is -0.350 e. The van der Waals surface area contributed by atoms with Crippen LogP contribution in [0.5, 0.6) is 0 Å². The van der Waals surface area contributed by atoms with Crippen molar-refractivity contribution in [1.29, 1.82) is 0 Å². The third-order valence-corrected chi connectivity index (χ3v) is 5.25. The maximum Gasteiger partial charge on any atom is 0.271 e. The first-order valence-electron chi connectivity index (χ1n) is 9.13. The molecule has 4 heterocycles. The highest BCUT2D eigenvalue weighted by atomic mass is 16.2. The Kier molecular flexibility index (Phi) is 4.70. The van der Waals surface area contributed by atoms with Gasteiger partial charge in [0.25, 0.3) is 11.5 Å². The van der Waals surface area contributed by atoms with Crippen molar-refractivity contribution in [2.45, 2.75) is 25.3 Å².